The molecule has 0 radical (unpaired) electrons. The van der Waals surface area contributed by atoms with Gasteiger partial charge in [-0.25, -0.2) is 9.13 Å². The van der Waals surface area contributed by atoms with Crippen molar-refractivity contribution in [3.63, 3.8) is 0 Å². The van der Waals surface area contributed by atoms with Gasteiger partial charge in [-0.1, -0.05) is 344 Å². The van der Waals surface area contributed by atoms with Gasteiger partial charge in [0.25, 0.3) is 0 Å². The smallest absolute Gasteiger partial charge is 0.462 e. The van der Waals surface area contributed by atoms with Crippen LogP contribution in [0.15, 0.2) is 0 Å². The predicted molar refractivity (Wildman–Crippen MR) is 395 cm³/mol. The maximum absolute atomic E-state index is 13.1. The Balaban J connectivity index is 5.20. The van der Waals surface area contributed by atoms with E-state index in [4.69, 9.17) is 37.0 Å². The number of phosphoric acid groups is 2. The fourth-order valence-corrected chi connectivity index (χ4v) is 13.5. The Labute approximate surface area is 594 Å². The van der Waals surface area contributed by atoms with Gasteiger partial charge in [-0.2, -0.15) is 0 Å². The van der Waals surface area contributed by atoms with E-state index in [0.29, 0.717) is 25.7 Å². The molecule has 576 valence electrons. The largest absolute Gasteiger partial charge is 0.472 e. The molecule has 17 nitrogen and oxygen atoms in total. The number of unbranched alkanes of at least 4 members (excludes halogenated alkanes) is 40. The quantitative estimate of drug-likeness (QED) is 0.0222. The van der Waals surface area contributed by atoms with Crippen molar-refractivity contribution in [2.45, 2.75) is 414 Å². The Morgan fingerprint density at radius 1 is 0.289 bits per heavy atom. The van der Waals surface area contributed by atoms with E-state index in [1.54, 1.807) is 0 Å². The number of hydrogen-bond donors (Lipinski definition) is 3. The first-order valence-electron chi connectivity index (χ1n) is 40.2. The van der Waals surface area contributed by atoms with Gasteiger partial charge in [0.15, 0.2) is 12.2 Å². The lowest BCUT2D eigenvalue weighted by Gasteiger charge is -2.21. The van der Waals surface area contributed by atoms with Crippen LogP contribution in [0.5, 0.6) is 0 Å². The summed E-state index contributed by atoms with van der Waals surface area (Å²) in [5.41, 5.74) is 0. The molecule has 0 rings (SSSR count). The second kappa shape index (κ2) is 67.2. The van der Waals surface area contributed by atoms with Crippen LogP contribution in [0.1, 0.15) is 396 Å². The van der Waals surface area contributed by atoms with Crippen LogP contribution >= 0.6 is 15.6 Å². The van der Waals surface area contributed by atoms with Crippen molar-refractivity contribution < 1.29 is 80.2 Å². The summed E-state index contributed by atoms with van der Waals surface area (Å²) in [5.74, 6) is 0.957. The van der Waals surface area contributed by atoms with Crippen LogP contribution in [0.4, 0.5) is 0 Å². The fraction of sp³-hybridized carbons (Fsp3) is 0.949. The molecule has 0 heterocycles. The third-order valence-corrected chi connectivity index (χ3v) is 20.3. The molecule has 0 saturated carbocycles. The molecule has 0 fully saturated rings. The Kier molecular flexibility index (Phi) is 65.9. The minimum Gasteiger partial charge on any atom is -0.462 e. The molecule has 0 aromatic heterocycles. The molecule has 0 bridgehead atoms. The summed E-state index contributed by atoms with van der Waals surface area (Å²) in [7, 11) is -9.91. The highest BCUT2D eigenvalue weighted by molar-refractivity contribution is 7.47. The number of aliphatic hydroxyl groups is 1. The zero-order valence-corrected chi connectivity index (χ0v) is 65.5. The van der Waals surface area contributed by atoms with Crippen molar-refractivity contribution in [3.8, 4) is 0 Å². The van der Waals surface area contributed by atoms with Crippen LogP contribution in [0.3, 0.4) is 0 Å². The van der Waals surface area contributed by atoms with Gasteiger partial charge < -0.3 is 33.8 Å². The average molecular weight is 1420 g/mol. The molecule has 0 saturated heterocycles. The van der Waals surface area contributed by atoms with E-state index < -0.39 is 97.5 Å². The minimum atomic E-state index is -4.96. The zero-order chi connectivity index (χ0) is 71.7. The highest BCUT2D eigenvalue weighted by Crippen LogP contribution is 2.45. The first kappa shape index (κ1) is 95.1. The Hall–Kier alpha value is -1.94. The predicted octanol–water partition coefficient (Wildman–Crippen LogP) is 22.8. The van der Waals surface area contributed by atoms with Crippen molar-refractivity contribution in [3.05, 3.63) is 0 Å². The van der Waals surface area contributed by atoms with E-state index in [0.717, 1.165) is 114 Å². The van der Waals surface area contributed by atoms with Gasteiger partial charge in [0.2, 0.25) is 0 Å². The molecule has 0 spiro atoms. The molecule has 97 heavy (non-hydrogen) atoms. The summed E-state index contributed by atoms with van der Waals surface area (Å²) in [4.78, 5) is 72.8. The minimum absolute atomic E-state index is 0.104. The van der Waals surface area contributed by atoms with Gasteiger partial charge in [0.1, 0.15) is 19.3 Å². The third-order valence-electron chi connectivity index (χ3n) is 18.4. The van der Waals surface area contributed by atoms with Gasteiger partial charge in [-0.15, -0.1) is 0 Å². The molecular formula is C78H152O17P2. The summed E-state index contributed by atoms with van der Waals surface area (Å²) in [6.45, 7) is 14.2. The molecule has 6 atom stereocenters. The summed E-state index contributed by atoms with van der Waals surface area (Å²) >= 11 is 0. The number of phosphoric ester groups is 2. The third kappa shape index (κ3) is 70.9. The lowest BCUT2D eigenvalue weighted by Crippen LogP contribution is -2.30. The van der Waals surface area contributed by atoms with Crippen LogP contribution in [0, 0.1) is 23.7 Å². The van der Waals surface area contributed by atoms with E-state index in [1.807, 2.05) is 0 Å². The molecular weight excluding hydrogens is 1270 g/mol. The van der Waals surface area contributed by atoms with Crippen molar-refractivity contribution in [2.75, 3.05) is 39.6 Å². The van der Waals surface area contributed by atoms with Gasteiger partial charge >= 0.3 is 39.5 Å². The van der Waals surface area contributed by atoms with E-state index in [-0.39, 0.29) is 25.7 Å². The highest BCUT2D eigenvalue weighted by Gasteiger charge is 2.30. The number of hydrogen-bond acceptors (Lipinski definition) is 15. The van der Waals surface area contributed by atoms with Gasteiger partial charge in [0, 0.05) is 25.7 Å². The van der Waals surface area contributed by atoms with Gasteiger partial charge in [-0.05, 0) is 49.4 Å². The highest BCUT2D eigenvalue weighted by atomic mass is 31.2. The molecule has 0 aliphatic heterocycles. The van der Waals surface area contributed by atoms with Crippen molar-refractivity contribution in [1.82, 2.24) is 0 Å². The number of carbonyl (C=O) groups is 4. The molecule has 0 aliphatic carbocycles. The van der Waals surface area contributed by atoms with E-state index in [1.165, 1.54) is 199 Å². The fourth-order valence-electron chi connectivity index (χ4n) is 11.9. The summed E-state index contributed by atoms with van der Waals surface area (Å²) in [6, 6.07) is 0. The molecule has 0 aliphatic rings. The summed E-state index contributed by atoms with van der Waals surface area (Å²) < 4.78 is 68.6. The van der Waals surface area contributed by atoms with Crippen LogP contribution in [-0.4, -0.2) is 96.7 Å². The van der Waals surface area contributed by atoms with Crippen LogP contribution in [0.25, 0.3) is 0 Å². The van der Waals surface area contributed by atoms with Crippen LogP contribution in [-0.2, 0) is 65.4 Å². The number of aliphatic hydroxyl groups excluding tert-OH is 1. The van der Waals surface area contributed by atoms with Gasteiger partial charge in [0.05, 0.1) is 26.4 Å². The SMILES string of the molecule is CCC(C)CCCCCCCCCCCCCCCCCCCCC(=O)O[C@H](COC(=O)CCCCCCCCCCCC(C)C)COP(=O)(O)OCC(O)COP(=O)(O)OC[C@@H](COC(=O)CCCCCCCCCCC(C)C)OC(=O)CCCCCCCCCCCC(C)C. The molecule has 19 heteroatoms. The standard InChI is InChI=1S/C78H152O17P2/c1-9-71(8)57-49-41-33-24-18-16-14-12-10-11-13-15-17-19-25-36-44-52-60-77(82)94-73(64-88-75(80)58-50-42-34-26-20-22-30-38-46-54-68(2)3)66-92-96(84,85)90-62-72(79)63-91-97(86,87)93-67-74(65-89-76(81)59-51-43-35-29-28-32-40-48-56-70(6)7)95-78(83)61-53-45-37-27-21-23-31-39-47-55-69(4)5/h68-74,79H,9-67H2,1-8H3,(H,84,85)(H,86,87)/t71?,72?,73-,74-/m1/s1. The number of rotatable bonds is 75. The van der Waals surface area contributed by atoms with Gasteiger partial charge in [-0.3, -0.25) is 37.3 Å². The lowest BCUT2D eigenvalue weighted by atomic mass is 9.99. The van der Waals surface area contributed by atoms with E-state index in [2.05, 4.69) is 55.4 Å². The number of ether oxygens (including phenoxy) is 4. The van der Waals surface area contributed by atoms with Crippen molar-refractivity contribution in [1.29, 1.82) is 0 Å². The van der Waals surface area contributed by atoms with E-state index >= 15 is 0 Å². The lowest BCUT2D eigenvalue weighted by molar-refractivity contribution is -0.161. The second-order valence-electron chi connectivity index (χ2n) is 29.8. The number of carbonyl (C=O) groups excluding carboxylic acids is 4. The Bertz CT molecular complexity index is 1900. The maximum Gasteiger partial charge on any atom is 0.472 e. The van der Waals surface area contributed by atoms with Crippen LogP contribution < -0.4 is 0 Å². The molecule has 0 aromatic rings. The number of esters is 4. The average Bonchev–Trinajstić information content (AvgIpc) is 1.45. The van der Waals surface area contributed by atoms with Crippen molar-refractivity contribution in [2.24, 2.45) is 23.7 Å². The van der Waals surface area contributed by atoms with Crippen LogP contribution in [0.2, 0.25) is 0 Å². The molecule has 0 aromatic carbocycles. The second-order valence-corrected chi connectivity index (χ2v) is 32.7. The monoisotopic (exact) mass is 1420 g/mol. The zero-order valence-electron chi connectivity index (χ0n) is 63.7. The Morgan fingerprint density at radius 2 is 0.495 bits per heavy atom. The first-order chi connectivity index (χ1) is 46.6. The molecule has 4 unspecified atom stereocenters. The van der Waals surface area contributed by atoms with Crippen molar-refractivity contribution >= 4 is 39.5 Å². The summed E-state index contributed by atoms with van der Waals surface area (Å²) in [6.07, 6.45) is 52.9. The van der Waals surface area contributed by atoms with E-state index in [9.17, 15) is 43.2 Å². The topological polar surface area (TPSA) is 237 Å². The maximum atomic E-state index is 13.1. The summed E-state index contributed by atoms with van der Waals surface area (Å²) in [5, 5.41) is 10.6. The normalized spacial score (nSPS) is 14.4. The Morgan fingerprint density at radius 3 is 0.732 bits per heavy atom. The first-order valence-corrected chi connectivity index (χ1v) is 43.2. The molecule has 0 amide bonds. The molecule has 3 N–H and O–H groups in total.